The molecule has 0 heterocycles. The van der Waals surface area contributed by atoms with Crippen LogP contribution < -0.4 is 10.6 Å². The van der Waals surface area contributed by atoms with Crippen molar-refractivity contribution < 1.29 is 4.79 Å². The van der Waals surface area contributed by atoms with Crippen molar-refractivity contribution in [1.29, 1.82) is 0 Å². The highest BCUT2D eigenvalue weighted by atomic mass is 35.5. The molecule has 0 aromatic heterocycles. The van der Waals surface area contributed by atoms with Gasteiger partial charge in [0, 0.05) is 12.6 Å². The Kier molecular flexibility index (Phi) is 4.26. The van der Waals surface area contributed by atoms with Gasteiger partial charge in [0.1, 0.15) is 0 Å². The largest absolute Gasteiger partial charge is 0.352 e. The topological polar surface area (TPSA) is 41.1 Å². The third-order valence-corrected chi connectivity index (χ3v) is 3.43. The van der Waals surface area contributed by atoms with Gasteiger partial charge in [-0.15, -0.1) is 0 Å². The van der Waals surface area contributed by atoms with Crippen LogP contribution in [0.2, 0.25) is 10.0 Å². The molecule has 1 aliphatic carbocycles. The zero-order valence-corrected chi connectivity index (χ0v) is 10.8. The number of halogens is 2. The van der Waals surface area contributed by atoms with Gasteiger partial charge >= 0.3 is 0 Å². The first-order valence-corrected chi connectivity index (χ1v) is 6.35. The van der Waals surface area contributed by atoms with E-state index in [1.54, 1.807) is 6.07 Å². The Balaban J connectivity index is 1.77. The zero-order chi connectivity index (χ0) is 12.3. The molecule has 17 heavy (non-hydrogen) atoms. The first-order valence-electron chi connectivity index (χ1n) is 5.60. The first kappa shape index (κ1) is 12.7. The van der Waals surface area contributed by atoms with E-state index in [1.165, 1.54) is 0 Å². The average molecular weight is 273 g/mol. The summed E-state index contributed by atoms with van der Waals surface area (Å²) in [6, 6.07) is 5.88. The van der Waals surface area contributed by atoms with Crippen LogP contribution in [0.5, 0.6) is 0 Å². The Labute approximate surface area is 110 Å². The Bertz CT molecular complexity index is 419. The summed E-state index contributed by atoms with van der Waals surface area (Å²) in [5, 5.41) is 7.03. The molecule has 5 heteroatoms. The molecule has 0 radical (unpaired) electrons. The minimum atomic E-state index is 0.0330. The van der Waals surface area contributed by atoms with E-state index in [0.717, 1.165) is 18.4 Å². The van der Waals surface area contributed by atoms with Crippen molar-refractivity contribution in [2.45, 2.75) is 25.4 Å². The van der Waals surface area contributed by atoms with Gasteiger partial charge in [0.15, 0.2) is 0 Å². The van der Waals surface area contributed by atoms with Crippen molar-refractivity contribution in [1.82, 2.24) is 10.6 Å². The van der Waals surface area contributed by atoms with Crippen LogP contribution in [-0.2, 0) is 11.3 Å². The van der Waals surface area contributed by atoms with Gasteiger partial charge < -0.3 is 10.6 Å². The molecule has 0 bridgehead atoms. The van der Waals surface area contributed by atoms with Gasteiger partial charge in [-0.3, -0.25) is 4.79 Å². The van der Waals surface area contributed by atoms with Gasteiger partial charge in [0.05, 0.1) is 16.6 Å². The molecule has 0 saturated heterocycles. The smallest absolute Gasteiger partial charge is 0.234 e. The van der Waals surface area contributed by atoms with Crippen molar-refractivity contribution in [2.75, 3.05) is 6.54 Å². The zero-order valence-electron chi connectivity index (χ0n) is 9.30. The third-order valence-electron chi connectivity index (χ3n) is 2.58. The quantitative estimate of drug-likeness (QED) is 0.864. The molecular formula is C12H14Cl2N2O. The summed E-state index contributed by atoms with van der Waals surface area (Å²) in [5.41, 5.74) is 0.901. The predicted octanol–water partition coefficient (Wildman–Crippen LogP) is 2.36. The molecule has 3 nitrogen and oxygen atoms in total. The molecule has 1 saturated carbocycles. The van der Waals surface area contributed by atoms with Crippen molar-refractivity contribution in [3.05, 3.63) is 33.8 Å². The molecular weight excluding hydrogens is 259 g/mol. The maximum absolute atomic E-state index is 11.4. The second-order valence-corrected chi connectivity index (χ2v) is 4.94. The SMILES string of the molecule is O=C(CNCc1cccc(Cl)c1Cl)NC1CC1. The summed E-state index contributed by atoms with van der Waals surface area (Å²) in [7, 11) is 0. The maximum Gasteiger partial charge on any atom is 0.234 e. The first-order chi connectivity index (χ1) is 8.16. The molecule has 0 spiro atoms. The Morgan fingerprint density at radius 2 is 2.12 bits per heavy atom. The Hall–Kier alpha value is -0.770. The highest BCUT2D eigenvalue weighted by molar-refractivity contribution is 6.42. The number of rotatable bonds is 5. The number of amides is 1. The number of hydrogen-bond donors (Lipinski definition) is 2. The molecule has 1 fully saturated rings. The van der Waals surface area contributed by atoms with Gasteiger partial charge in [0.2, 0.25) is 5.91 Å². The van der Waals surface area contributed by atoms with E-state index in [9.17, 15) is 4.79 Å². The van der Waals surface area contributed by atoms with Crippen LogP contribution in [-0.4, -0.2) is 18.5 Å². The molecule has 92 valence electrons. The average Bonchev–Trinajstić information content (AvgIpc) is 3.08. The molecule has 1 aliphatic rings. The minimum absolute atomic E-state index is 0.0330. The van der Waals surface area contributed by atoms with Crippen LogP contribution in [0.25, 0.3) is 0 Å². The third kappa shape index (κ3) is 3.87. The van der Waals surface area contributed by atoms with E-state index in [2.05, 4.69) is 10.6 Å². The van der Waals surface area contributed by atoms with E-state index < -0.39 is 0 Å². The number of carbonyl (C=O) groups excluding carboxylic acids is 1. The molecule has 1 aromatic rings. The number of carbonyl (C=O) groups is 1. The van der Waals surface area contributed by atoms with E-state index >= 15 is 0 Å². The Morgan fingerprint density at radius 1 is 1.35 bits per heavy atom. The molecule has 0 unspecified atom stereocenters. The van der Waals surface area contributed by atoms with Crippen LogP contribution in [0.3, 0.4) is 0 Å². The van der Waals surface area contributed by atoms with Crippen LogP contribution in [0.1, 0.15) is 18.4 Å². The molecule has 0 atom stereocenters. The van der Waals surface area contributed by atoms with Crippen LogP contribution in [0.15, 0.2) is 18.2 Å². The lowest BCUT2D eigenvalue weighted by atomic mass is 10.2. The van der Waals surface area contributed by atoms with Crippen molar-refractivity contribution in [2.24, 2.45) is 0 Å². The van der Waals surface area contributed by atoms with E-state index in [-0.39, 0.29) is 5.91 Å². The number of nitrogens with one attached hydrogen (secondary N) is 2. The standard InChI is InChI=1S/C12H14Cl2N2O/c13-10-3-1-2-8(12(10)14)6-15-7-11(17)16-9-4-5-9/h1-3,9,15H,4-7H2,(H,16,17). The molecule has 0 aliphatic heterocycles. The maximum atomic E-state index is 11.4. The van der Waals surface area contributed by atoms with Crippen LogP contribution in [0, 0.1) is 0 Å². The lowest BCUT2D eigenvalue weighted by molar-refractivity contribution is -0.120. The van der Waals surface area contributed by atoms with E-state index in [0.29, 0.717) is 29.2 Å². The van der Waals surface area contributed by atoms with Crippen molar-refractivity contribution in [3.63, 3.8) is 0 Å². The second kappa shape index (κ2) is 5.71. The highest BCUT2D eigenvalue weighted by Gasteiger charge is 2.22. The van der Waals surface area contributed by atoms with Crippen molar-refractivity contribution in [3.8, 4) is 0 Å². The van der Waals surface area contributed by atoms with Crippen LogP contribution in [0.4, 0.5) is 0 Å². The summed E-state index contributed by atoms with van der Waals surface area (Å²) in [4.78, 5) is 11.4. The molecule has 1 aromatic carbocycles. The molecule has 1 amide bonds. The molecule has 2 rings (SSSR count). The van der Waals surface area contributed by atoms with E-state index in [1.807, 2.05) is 12.1 Å². The monoisotopic (exact) mass is 272 g/mol. The fourth-order valence-electron chi connectivity index (χ4n) is 1.50. The van der Waals surface area contributed by atoms with Gasteiger partial charge in [-0.25, -0.2) is 0 Å². The number of benzene rings is 1. The fourth-order valence-corrected chi connectivity index (χ4v) is 1.89. The minimum Gasteiger partial charge on any atom is -0.352 e. The summed E-state index contributed by atoms with van der Waals surface area (Å²) in [5.74, 6) is 0.0330. The predicted molar refractivity (Wildman–Crippen MR) is 69.3 cm³/mol. The Morgan fingerprint density at radius 3 is 2.82 bits per heavy atom. The second-order valence-electron chi connectivity index (χ2n) is 4.16. The van der Waals surface area contributed by atoms with Crippen LogP contribution >= 0.6 is 23.2 Å². The highest BCUT2D eigenvalue weighted by Crippen LogP contribution is 2.25. The summed E-state index contributed by atoms with van der Waals surface area (Å²) < 4.78 is 0. The van der Waals surface area contributed by atoms with Gasteiger partial charge in [-0.2, -0.15) is 0 Å². The number of hydrogen-bond acceptors (Lipinski definition) is 2. The van der Waals surface area contributed by atoms with E-state index in [4.69, 9.17) is 23.2 Å². The fraction of sp³-hybridized carbons (Fsp3) is 0.417. The van der Waals surface area contributed by atoms with Gasteiger partial charge in [0.25, 0.3) is 0 Å². The van der Waals surface area contributed by atoms with Crippen molar-refractivity contribution >= 4 is 29.1 Å². The van der Waals surface area contributed by atoms with Gasteiger partial charge in [-0.1, -0.05) is 35.3 Å². The summed E-state index contributed by atoms with van der Waals surface area (Å²) >= 11 is 11.9. The summed E-state index contributed by atoms with van der Waals surface area (Å²) in [6.45, 7) is 0.844. The lowest BCUT2D eigenvalue weighted by Crippen LogP contribution is -2.34. The summed E-state index contributed by atoms with van der Waals surface area (Å²) in [6.07, 6.45) is 2.21. The lowest BCUT2D eigenvalue weighted by Gasteiger charge is -2.08. The molecule has 2 N–H and O–H groups in total. The van der Waals surface area contributed by atoms with Gasteiger partial charge in [-0.05, 0) is 24.5 Å². The normalized spacial score (nSPS) is 14.7.